The molecule has 70 valence electrons. The average molecular weight is 184 g/mol. The number of aromatic hydroxyl groups is 1. The molecule has 0 saturated carbocycles. The van der Waals surface area contributed by atoms with E-state index < -0.39 is 6.17 Å². The molecule has 0 spiro atoms. The Morgan fingerprint density at radius 2 is 1.92 bits per heavy atom. The first-order chi connectivity index (χ1) is 6.25. The summed E-state index contributed by atoms with van der Waals surface area (Å²) >= 11 is 0. The summed E-state index contributed by atoms with van der Waals surface area (Å²) in [7, 11) is 0. The molecule has 1 aliphatic heterocycles. The molecule has 0 aromatic heterocycles. The van der Waals surface area contributed by atoms with Crippen LogP contribution in [-0.2, 0) is 0 Å². The molecule has 1 aliphatic rings. The number of fused-ring (bicyclic) bond motifs is 1. The Kier molecular flexibility index (Phi) is 1.96. The smallest absolute Gasteiger partial charge is 0.168 e. The van der Waals surface area contributed by atoms with E-state index in [2.05, 4.69) is 0 Å². The highest BCUT2D eigenvalue weighted by Crippen LogP contribution is 2.32. The number of alkyl halides is 1. The van der Waals surface area contributed by atoms with Crippen molar-refractivity contribution in [3.8, 4) is 17.2 Å². The fraction of sp³-hybridized carbons (Fsp3) is 0.333. The number of phenolic OH excluding ortho intramolecular Hbond substituents is 1. The van der Waals surface area contributed by atoms with Crippen molar-refractivity contribution in [3.63, 3.8) is 0 Å². The molecule has 1 aromatic carbocycles. The third-order valence-electron chi connectivity index (χ3n) is 1.77. The number of hydrogen-bond acceptors (Lipinski definition) is 3. The predicted molar refractivity (Wildman–Crippen MR) is 44.0 cm³/mol. The van der Waals surface area contributed by atoms with Gasteiger partial charge in [0, 0.05) is 6.07 Å². The van der Waals surface area contributed by atoms with E-state index in [-0.39, 0.29) is 19.0 Å². The van der Waals surface area contributed by atoms with Crippen LogP contribution < -0.4 is 9.47 Å². The summed E-state index contributed by atoms with van der Waals surface area (Å²) < 4.78 is 23.0. The van der Waals surface area contributed by atoms with Crippen molar-refractivity contribution in [2.24, 2.45) is 0 Å². The molecule has 0 saturated heterocycles. The maximum Gasteiger partial charge on any atom is 0.168 e. The molecule has 0 bridgehead atoms. The first-order valence-electron chi connectivity index (χ1n) is 3.98. The average Bonchev–Trinajstić information content (AvgIpc) is 2.29. The van der Waals surface area contributed by atoms with Crippen molar-refractivity contribution in [3.05, 3.63) is 18.2 Å². The molecule has 0 radical (unpaired) electrons. The molecule has 13 heavy (non-hydrogen) atoms. The van der Waals surface area contributed by atoms with Crippen LogP contribution in [0.25, 0.3) is 0 Å². The van der Waals surface area contributed by atoms with Crippen molar-refractivity contribution in [1.29, 1.82) is 0 Å². The highest BCUT2D eigenvalue weighted by atomic mass is 19.1. The van der Waals surface area contributed by atoms with E-state index >= 15 is 0 Å². The van der Waals surface area contributed by atoms with E-state index in [0.717, 1.165) is 0 Å². The van der Waals surface area contributed by atoms with E-state index in [1.54, 1.807) is 6.07 Å². The molecule has 0 fully saturated rings. The van der Waals surface area contributed by atoms with E-state index in [0.29, 0.717) is 11.5 Å². The molecule has 0 amide bonds. The van der Waals surface area contributed by atoms with Crippen LogP contribution >= 0.6 is 0 Å². The zero-order valence-corrected chi connectivity index (χ0v) is 6.87. The zero-order chi connectivity index (χ0) is 9.26. The van der Waals surface area contributed by atoms with Gasteiger partial charge in [-0.15, -0.1) is 0 Å². The molecule has 1 atom stereocenters. The Morgan fingerprint density at radius 3 is 2.69 bits per heavy atom. The highest BCUT2D eigenvalue weighted by Gasteiger charge is 2.17. The second-order valence-electron chi connectivity index (χ2n) is 2.85. The number of phenols is 1. The molecule has 3 nitrogen and oxygen atoms in total. The third kappa shape index (κ3) is 1.66. The minimum atomic E-state index is -1.12. The van der Waals surface area contributed by atoms with Crippen molar-refractivity contribution in [2.45, 2.75) is 6.17 Å². The summed E-state index contributed by atoms with van der Waals surface area (Å²) in [6, 6.07) is 4.44. The van der Waals surface area contributed by atoms with Gasteiger partial charge in [-0.25, -0.2) is 4.39 Å². The number of benzene rings is 1. The van der Waals surface area contributed by atoms with Crippen LogP contribution in [-0.4, -0.2) is 24.5 Å². The van der Waals surface area contributed by atoms with Crippen LogP contribution in [0.15, 0.2) is 18.2 Å². The monoisotopic (exact) mass is 184 g/mol. The van der Waals surface area contributed by atoms with Crippen molar-refractivity contribution in [1.82, 2.24) is 0 Å². The minimum Gasteiger partial charge on any atom is -0.508 e. The number of ether oxygens (including phenoxy) is 2. The van der Waals surface area contributed by atoms with E-state index in [1.165, 1.54) is 12.1 Å². The van der Waals surface area contributed by atoms with Gasteiger partial charge in [0.2, 0.25) is 0 Å². The molecular weight excluding hydrogens is 175 g/mol. The van der Waals surface area contributed by atoms with Crippen molar-refractivity contribution in [2.75, 3.05) is 13.2 Å². The molecule has 0 unspecified atom stereocenters. The summed E-state index contributed by atoms with van der Waals surface area (Å²) in [6.45, 7) is -0.0335. The molecule has 2 rings (SSSR count). The first kappa shape index (κ1) is 8.16. The van der Waals surface area contributed by atoms with E-state index in [9.17, 15) is 4.39 Å². The van der Waals surface area contributed by atoms with Gasteiger partial charge in [-0.1, -0.05) is 0 Å². The van der Waals surface area contributed by atoms with Crippen molar-refractivity contribution >= 4 is 0 Å². The summed E-state index contributed by atoms with van der Waals surface area (Å²) in [5.41, 5.74) is 0. The fourth-order valence-electron chi connectivity index (χ4n) is 1.14. The Balaban J connectivity index is 2.30. The Bertz CT molecular complexity index is 314. The van der Waals surface area contributed by atoms with Gasteiger partial charge in [0.1, 0.15) is 19.0 Å². The van der Waals surface area contributed by atoms with Crippen LogP contribution in [0.4, 0.5) is 4.39 Å². The highest BCUT2D eigenvalue weighted by molar-refractivity contribution is 5.45. The summed E-state index contributed by atoms with van der Waals surface area (Å²) in [5, 5.41) is 9.12. The lowest BCUT2D eigenvalue weighted by Gasteiger charge is -2.05. The van der Waals surface area contributed by atoms with Crippen LogP contribution in [0, 0.1) is 0 Å². The quantitative estimate of drug-likeness (QED) is 0.664. The van der Waals surface area contributed by atoms with E-state index in [1.807, 2.05) is 0 Å². The van der Waals surface area contributed by atoms with Crippen molar-refractivity contribution < 1.29 is 19.0 Å². The predicted octanol–water partition coefficient (Wildman–Crippen LogP) is 1.50. The minimum absolute atomic E-state index is 0.00221. The maximum atomic E-state index is 12.8. The fourth-order valence-corrected chi connectivity index (χ4v) is 1.14. The molecule has 0 aliphatic carbocycles. The topological polar surface area (TPSA) is 38.7 Å². The zero-order valence-electron chi connectivity index (χ0n) is 6.87. The maximum absolute atomic E-state index is 12.8. The Hall–Kier alpha value is -1.45. The third-order valence-corrected chi connectivity index (χ3v) is 1.77. The van der Waals surface area contributed by atoms with Gasteiger partial charge in [0.15, 0.2) is 17.7 Å². The second-order valence-corrected chi connectivity index (χ2v) is 2.85. The van der Waals surface area contributed by atoms with Gasteiger partial charge < -0.3 is 14.6 Å². The number of rotatable bonds is 0. The molecular formula is C9H9FO3. The standard InChI is InChI=1S/C9H9FO3/c10-6-4-12-8-2-1-7(11)3-9(8)13-5-6/h1-3,6,11H,4-5H2/t6-/m0/s1. The van der Waals surface area contributed by atoms with Crippen LogP contribution in [0.2, 0.25) is 0 Å². The Labute approximate surface area is 74.7 Å². The number of hydrogen-bond donors (Lipinski definition) is 1. The lowest BCUT2D eigenvalue weighted by Crippen LogP contribution is -2.17. The number of halogens is 1. The molecule has 1 N–H and O–H groups in total. The normalized spacial score (nSPS) is 20.8. The molecule has 1 heterocycles. The lowest BCUT2D eigenvalue weighted by molar-refractivity contribution is 0.162. The van der Waals surface area contributed by atoms with Crippen LogP contribution in [0.1, 0.15) is 0 Å². The van der Waals surface area contributed by atoms with Gasteiger partial charge in [0.05, 0.1) is 0 Å². The van der Waals surface area contributed by atoms with Gasteiger partial charge in [-0.3, -0.25) is 0 Å². The second kappa shape index (κ2) is 3.12. The molecule has 4 heteroatoms. The van der Waals surface area contributed by atoms with Gasteiger partial charge >= 0.3 is 0 Å². The van der Waals surface area contributed by atoms with Gasteiger partial charge in [-0.05, 0) is 12.1 Å². The first-order valence-corrected chi connectivity index (χ1v) is 3.98. The van der Waals surface area contributed by atoms with Crippen LogP contribution in [0.3, 0.4) is 0 Å². The Morgan fingerprint density at radius 1 is 1.23 bits per heavy atom. The SMILES string of the molecule is Oc1ccc2c(c1)OC[C@@H](F)CO2. The lowest BCUT2D eigenvalue weighted by atomic mass is 10.3. The van der Waals surface area contributed by atoms with Gasteiger partial charge in [0.25, 0.3) is 0 Å². The summed E-state index contributed by atoms with van der Waals surface area (Å²) in [5.74, 6) is 0.942. The van der Waals surface area contributed by atoms with Gasteiger partial charge in [-0.2, -0.15) is 0 Å². The summed E-state index contributed by atoms with van der Waals surface area (Å²) in [6.07, 6.45) is -1.12. The largest absolute Gasteiger partial charge is 0.508 e. The summed E-state index contributed by atoms with van der Waals surface area (Å²) in [4.78, 5) is 0. The van der Waals surface area contributed by atoms with Crippen LogP contribution in [0.5, 0.6) is 17.2 Å². The molecule has 1 aromatic rings. The van der Waals surface area contributed by atoms with E-state index in [4.69, 9.17) is 14.6 Å².